The van der Waals surface area contributed by atoms with Gasteiger partial charge < -0.3 is 14.3 Å². The van der Waals surface area contributed by atoms with Gasteiger partial charge in [0, 0.05) is 23.1 Å². The largest absolute Gasteiger partial charge is 0.508 e. The summed E-state index contributed by atoms with van der Waals surface area (Å²) in [7, 11) is 0. The lowest BCUT2D eigenvalue weighted by Crippen LogP contribution is -2.09. The van der Waals surface area contributed by atoms with Crippen molar-refractivity contribution < 1.29 is 19.1 Å². The molecule has 0 aliphatic heterocycles. The van der Waals surface area contributed by atoms with Crippen LogP contribution in [-0.4, -0.2) is 20.9 Å². The third kappa shape index (κ3) is 3.25. The first-order valence-electron chi connectivity index (χ1n) is 8.56. The molecule has 2 aromatic carbocycles. The Hall–Kier alpha value is -3.87. The highest BCUT2D eigenvalue weighted by molar-refractivity contribution is 5.90. The molecule has 0 aliphatic rings. The van der Waals surface area contributed by atoms with Gasteiger partial charge in [0.15, 0.2) is 0 Å². The molecule has 0 saturated heterocycles. The van der Waals surface area contributed by atoms with Gasteiger partial charge in [-0.15, -0.1) is 0 Å². The molecule has 4 aromatic rings. The smallest absolute Gasteiger partial charge is 0.341 e. The fraction of sp³-hybridized carbons (Fsp3) is 0.0952. The molecule has 0 spiro atoms. The Balaban J connectivity index is 1.58. The molecule has 0 atom stereocenters. The van der Waals surface area contributed by atoms with Crippen molar-refractivity contribution in [2.45, 2.75) is 13.5 Å². The summed E-state index contributed by atoms with van der Waals surface area (Å²) in [6, 6.07) is 15.1. The monoisotopic (exact) mass is 376 g/mol. The van der Waals surface area contributed by atoms with E-state index in [1.54, 1.807) is 17.7 Å². The Morgan fingerprint density at radius 1 is 1.18 bits per heavy atom. The highest BCUT2D eigenvalue weighted by Crippen LogP contribution is 2.23. The summed E-state index contributed by atoms with van der Waals surface area (Å²) in [6.07, 6.45) is 1.46. The van der Waals surface area contributed by atoms with Gasteiger partial charge in [-0.2, -0.15) is 5.10 Å². The topological polar surface area (TPSA) is 94.6 Å². The van der Waals surface area contributed by atoms with Crippen molar-refractivity contribution in [3.63, 3.8) is 0 Å². The van der Waals surface area contributed by atoms with E-state index in [-0.39, 0.29) is 17.9 Å². The Labute approximate surface area is 159 Å². The molecule has 2 heterocycles. The number of ether oxygens (including phenoxy) is 1. The second-order valence-corrected chi connectivity index (χ2v) is 6.24. The van der Waals surface area contributed by atoms with Crippen LogP contribution in [0.1, 0.15) is 21.6 Å². The first-order valence-corrected chi connectivity index (χ1v) is 8.56. The van der Waals surface area contributed by atoms with Crippen LogP contribution in [0.4, 0.5) is 0 Å². The third-order valence-electron chi connectivity index (χ3n) is 4.40. The number of carbonyl (C=O) groups is 1. The van der Waals surface area contributed by atoms with Crippen molar-refractivity contribution in [1.82, 2.24) is 9.78 Å². The molecule has 28 heavy (non-hydrogen) atoms. The van der Waals surface area contributed by atoms with Gasteiger partial charge >= 0.3 is 11.6 Å². The van der Waals surface area contributed by atoms with Crippen LogP contribution in [0.2, 0.25) is 0 Å². The summed E-state index contributed by atoms with van der Waals surface area (Å²) in [6.45, 7) is 1.67. The SMILES string of the molecule is Cc1c(C(=O)OCc2cc(=O)oc3cc(O)ccc23)cnn1-c1ccccc1. The van der Waals surface area contributed by atoms with E-state index < -0.39 is 11.6 Å². The lowest BCUT2D eigenvalue weighted by Gasteiger charge is -2.08. The minimum atomic E-state index is -0.586. The number of fused-ring (bicyclic) bond motifs is 1. The molecule has 0 fully saturated rings. The minimum absolute atomic E-state index is 0.0197. The number of phenols is 1. The summed E-state index contributed by atoms with van der Waals surface area (Å²) in [5.74, 6) is -0.561. The molecule has 0 unspecified atom stereocenters. The first kappa shape index (κ1) is 17.5. The number of esters is 1. The zero-order valence-electron chi connectivity index (χ0n) is 15.0. The van der Waals surface area contributed by atoms with E-state index >= 15 is 0 Å². The lowest BCUT2D eigenvalue weighted by atomic mass is 10.1. The number of benzene rings is 2. The van der Waals surface area contributed by atoms with Gasteiger partial charge in [-0.05, 0) is 31.2 Å². The second kappa shape index (κ2) is 7.03. The molecule has 7 heteroatoms. The molecule has 4 rings (SSSR count). The van der Waals surface area contributed by atoms with E-state index in [0.29, 0.717) is 22.2 Å². The molecule has 0 aliphatic carbocycles. The average Bonchev–Trinajstić information content (AvgIpc) is 3.07. The molecule has 7 nitrogen and oxygen atoms in total. The Kier molecular flexibility index (Phi) is 4.41. The third-order valence-corrected chi connectivity index (χ3v) is 4.40. The zero-order chi connectivity index (χ0) is 19.7. The lowest BCUT2D eigenvalue weighted by molar-refractivity contribution is 0.0473. The maximum Gasteiger partial charge on any atom is 0.341 e. The van der Waals surface area contributed by atoms with Crippen molar-refractivity contribution in [1.29, 1.82) is 0 Å². The van der Waals surface area contributed by atoms with Crippen molar-refractivity contribution >= 4 is 16.9 Å². The van der Waals surface area contributed by atoms with E-state index in [9.17, 15) is 14.7 Å². The zero-order valence-corrected chi connectivity index (χ0v) is 15.0. The van der Waals surface area contributed by atoms with Crippen molar-refractivity contribution in [3.8, 4) is 11.4 Å². The van der Waals surface area contributed by atoms with Gasteiger partial charge in [-0.25, -0.2) is 14.3 Å². The van der Waals surface area contributed by atoms with E-state index in [1.165, 1.54) is 24.4 Å². The Morgan fingerprint density at radius 2 is 1.96 bits per heavy atom. The van der Waals surface area contributed by atoms with Crippen LogP contribution in [-0.2, 0) is 11.3 Å². The fourth-order valence-electron chi connectivity index (χ4n) is 3.00. The maximum atomic E-state index is 12.5. The molecule has 2 aromatic heterocycles. The Bertz CT molecular complexity index is 1220. The van der Waals surface area contributed by atoms with Crippen LogP contribution in [0.3, 0.4) is 0 Å². The minimum Gasteiger partial charge on any atom is -0.508 e. The highest BCUT2D eigenvalue weighted by atomic mass is 16.5. The predicted molar refractivity (Wildman–Crippen MR) is 102 cm³/mol. The van der Waals surface area contributed by atoms with Gasteiger partial charge in [-0.1, -0.05) is 18.2 Å². The van der Waals surface area contributed by atoms with Crippen LogP contribution < -0.4 is 5.63 Å². The number of hydrogen-bond donors (Lipinski definition) is 1. The van der Waals surface area contributed by atoms with Crippen LogP contribution in [0, 0.1) is 6.92 Å². The van der Waals surface area contributed by atoms with E-state index in [0.717, 1.165) is 5.69 Å². The molecule has 0 radical (unpaired) electrons. The predicted octanol–water partition coefficient (Wildman–Crippen LogP) is 3.35. The number of carbonyl (C=O) groups excluding carboxylic acids is 1. The standard InChI is InChI=1S/C21H16N2O5/c1-13-18(11-22-23(13)15-5-3-2-4-6-15)21(26)27-12-14-9-20(25)28-19-10-16(24)7-8-17(14)19/h2-11,24H,12H2,1H3. The summed E-state index contributed by atoms with van der Waals surface area (Å²) in [5.41, 5.74) is 1.97. The van der Waals surface area contributed by atoms with E-state index in [1.807, 2.05) is 30.3 Å². The summed E-state index contributed by atoms with van der Waals surface area (Å²) in [5, 5.41) is 14.4. The second-order valence-electron chi connectivity index (χ2n) is 6.24. The molecule has 0 amide bonds. The molecule has 0 bridgehead atoms. The maximum absolute atomic E-state index is 12.5. The number of aromatic hydroxyl groups is 1. The van der Waals surface area contributed by atoms with Crippen molar-refractivity contribution in [3.05, 3.63) is 88.0 Å². The quantitative estimate of drug-likeness (QED) is 0.434. The number of aromatic nitrogens is 2. The van der Waals surface area contributed by atoms with Crippen LogP contribution in [0.15, 0.2) is 70.0 Å². The highest BCUT2D eigenvalue weighted by Gasteiger charge is 2.17. The molecular weight excluding hydrogens is 360 g/mol. The van der Waals surface area contributed by atoms with E-state index in [2.05, 4.69) is 5.10 Å². The molecule has 1 N–H and O–H groups in total. The summed E-state index contributed by atoms with van der Waals surface area (Å²) >= 11 is 0. The first-order chi connectivity index (χ1) is 13.5. The Morgan fingerprint density at radius 3 is 2.75 bits per heavy atom. The fourth-order valence-corrected chi connectivity index (χ4v) is 3.00. The van der Waals surface area contributed by atoms with Gasteiger partial charge in [0.25, 0.3) is 0 Å². The number of hydrogen-bond acceptors (Lipinski definition) is 6. The number of phenolic OH excluding ortho intramolecular Hbond substituents is 1. The molecule has 140 valence electrons. The van der Waals surface area contributed by atoms with Crippen LogP contribution in [0.25, 0.3) is 16.7 Å². The number of nitrogens with zero attached hydrogens (tertiary/aromatic N) is 2. The van der Waals surface area contributed by atoms with E-state index in [4.69, 9.17) is 9.15 Å². The van der Waals surface area contributed by atoms with Crippen molar-refractivity contribution in [2.24, 2.45) is 0 Å². The van der Waals surface area contributed by atoms with Crippen molar-refractivity contribution in [2.75, 3.05) is 0 Å². The summed E-state index contributed by atoms with van der Waals surface area (Å²) in [4.78, 5) is 24.3. The normalized spacial score (nSPS) is 10.9. The number of rotatable bonds is 4. The van der Waals surface area contributed by atoms with Gasteiger partial charge in [-0.3, -0.25) is 0 Å². The van der Waals surface area contributed by atoms with Gasteiger partial charge in [0.1, 0.15) is 23.5 Å². The number of para-hydroxylation sites is 1. The average molecular weight is 376 g/mol. The van der Waals surface area contributed by atoms with Gasteiger partial charge in [0.2, 0.25) is 0 Å². The molecular formula is C21H16N2O5. The van der Waals surface area contributed by atoms with Gasteiger partial charge in [0.05, 0.1) is 17.6 Å². The van der Waals surface area contributed by atoms with Crippen LogP contribution >= 0.6 is 0 Å². The summed E-state index contributed by atoms with van der Waals surface area (Å²) < 4.78 is 12.1. The van der Waals surface area contributed by atoms with Crippen LogP contribution in [0.5, 0.6) is 5.75 Å². The molecule has 0 saturated carbocycles.